The maximum Gasteiger partial charge on any atom is 0.255 e. The van der Waals surface area contributed by atoms with Gasteiger partial charge < -0.3 is 11.1 Å². The molecule has 0 aromatic heterocycles. The molecule has 0 atom stereocenters. The summed E-state index contributed by atoms with van der Waals surface area (Å²) in [6.07, 6.45) is 2.85. The van der Waals surface area contributed by atoms with Gasteiger partial charge in [0.25, 0.3) is 5.91 Å². The van der Waals surface area contributed by atoms with Gasteiger partial charge in [-0.2, -0.15) is 4.31 Å². The summed E-state index contributed by atoms with van der Waals surface area (Å²) in [7, 11) is -3.48. The molecule has 1 amide bonds. The number of carbonyl (C=O) groups excluding carboxylic acids is 1. The minimum Gasteiger partial charge on any atom is -0.399 e. The maximum atomic E-state index is 12.6. The third-order valence-corrected chi connectivity index (χ3v) is 6.15. The maximum absolute atomic E-state index is 12.6. The molecule has 0 spiro atoms. The van der Waals surface area contributed by atoms with Gasteiger partial charge in [-0.1, -0.05) is 6.42 Å². The van der Waals surface area contributed by atoms with E-state index in [1.165, 1.54) is 28.6 Å². The van der Waals surface area contributed by atoms with Crippen LogP contribution in [0.2, 0.25) is 0 Å². The lowest BCUT2D eigenvalue weighted by Gasteiger charge is -2.25. The lowest BCUT2D eigenvalue weighted by atomic mass is 10.2. The molecule has 1 heterocycles. The van der Waals surface area contributed by atoms with Crippen LogP contribution in [0.3, 0.4) is 0 Å². The van der Waals surface area contributed by atoms with E-state index >= 15 is 0 Å². The van der Waals surface area contributed by atoms with Crippen molar-refractivity contribution < 1.29 is 13.2 Å². The van der Waals surface area contributed by atoms with E-state index in [1.54, 1.807) is 24.3 Å². The van der Waals surface area contributed by atoms with Crippen molar-refractivity contribution in [1.29, 1.82) is 0 Å². The molecular formula is C18H21N3O3S. The zero-order valence-electron chi connectivity index (χ0n) is 13.8. The molecule has 7 heteroatoms. The Bertz CT molecular complexity index is 840. The van der Waals surface area contributed by atoms with Gasteiger partial charge in [-0.05, 0) is 61.4 Å². The Labute approximate surface area is 147 Å². The zero-order valence-corrected chi connectivity index (χ0v) is 14.6. The third kappa shape index (κ3) is 4.00. The molecule has 6 nitrogen and oxygen atoms in total. The number of nitrogen functional groups attached to an aromatic ring is 1. The molecule has 0 bridgehead atoms. The number of nitrogens with one attached hydrogen (secondary N) is 1. The van der Waals surface area contributed by atoms with Gasteiger partial charge in [0, 0.05) is 30.0 Å². The highest BCUT2D eigenvalue weighted by molar-refractivity contribution is 7.89. The highest BCUT2D eigenvalue weighted by Crippen LogP contribution is 2.21. The van der Waals surface area contributed by atoms with Crippen LogP contribution >= 0.6 is 0 Å². The van der Waals surface area contributed by atoms with Crippen LogP contribution in [-0.4, -0.2) is 31.7 Å². The van der Waals surface area contributed by atoms with Crippen molar-refractivity contribution in [3.05, 3.63) is 54.1 Å². The van der Waals surface area contributed by atoms with Crippen molar-refractivity contribution in [3.8, 4) is 0 Å². The topological polar surface area (TPSA) is 92.5 Å². The van der Waals surface area contributed by atoms with Crippen molar-refractivity contribution >= 4 is 27.3 Å². The number of benzene rings is 2. The Morgan fingerprint density at radius 3 is 2.12 bits per heavy atom. The molecule has 3 rings (SSSR count). The van der Waals surface area contributed by atoms with E-state index < -0.39 is 10.0 Å². The number of nitrogens with zero attached hydrogens (tertiary/aromatic N) is 1. The van der Waals surface area contributed by atoms with Crippen LogP contribution in [0, 0.1) is 0 Å². The van der Waals surface area contributed by atoms with Gasteiger partial charge in [0.05, 0.1) is 4.90 Å². The fourth-order valence-electron chi connectivity index (χ4n) is 2.80. The van der Waals surface area contributed by atoms with Gasteiger partial charge in [0.1, 0.15) is 0 Å². The number of hydrogen-bond donors (Lipinski definition) is 2. The van der Waals surface area contributed by atoms with Crippen LogP contribution < -0.4 is 11.1 Å². The van der Waals surface area contributed by atoms with Crippen LogP contribution in [0.1, 0.15) is 29.6 Å². The zero-order chi connectivity index (χ0) is 17.9. The summed E-state index contributed by atoms with van der Waals surface area (Å²) in [6, 6.07) is 12.9. The summed E-state index contributed by atoms with van der Waals surface area (Å²) in [5, 5.41) is 2.75. The molecule has 1 fully saturated rings. The summed E-state index contributed by atoms with van der Waals surface area (Å²) < 4.78 is 26.7. The summed E-state index contributed by atoms with van der Waals surface area (Å²) in [6.45, 7) is 1.11. The van der Waals surface area contributed by atoms with E-state index in [9.17, 15) is 13.2 Å². The molecule has 0 radical (unpaired) electrons. The molecule has 0 unspecified atom stereocenters. The van der Waals surface area contributed by atoms with Crippen LogP contribution in [0.15, 0.2) is 53.4 Å². The second-order valence-corrected chi connectivity index (χ2v) is 8.00. The molecule has 1 aliphatic heterocycles. The average molecular weight is 359 g/mol. The molecule has 25 heavy (non-hydrogen) atoms. The van der Waals surface area contributed by atoms with Crippen LogP contribution in [0.25, 0.3) is 0 Å². The Kier molecular flexibility index (Phi) is 5.06. The van der Waals surface area contributed by atoms with Gasteiger partial charge in [-0.15, -0.1) is 0 Å². The summed E-state index contributed by atoms with van der Waals surface area (Å²) in [5.74, 6) is -0.299. The van der Waals surface area contributed by atoms with E-state index in [4.69, 9.17) is 5.73 Å². The van der Waals surface area contributed by atoms with Crippen molar-refractivity contribution in [3.63, 3.8) is 0 Å². The first-order chi connectivity index (χ1) is 12.0. The number of carbonyl (C=O) groups is 1. The molecular weight excluding hydrogens is 338 g/mol. The SMILES string of the molecule is Nc1ccc(NC(=O)c2ccc(S(=O)(=O)N3CCCCC3)cc2)cc1. The fourth-order valence-corrected chi connectivity index (χ4v) is 4.32. The number of amides is 1. The lowest BCUT2D eigenvalue weighted by molar-refractivity contribution is 0.102. The summed E-state index contributed by atoms with van der Waals surface area (Å²) in [4.78, 5) is 12.5. The molecule has 132 valence electrons. The van der Waals surface area contributed by atoms with Gasteiger partial charge in [0.2, 0.25) is 10.0 Å². The van der Waals surface area contributed by atoms with Crippen LogP contribution in [0.5, 0.6) is 0 Å². The largest absolute Gasteiger partial charge is 0.399 e. The molecule has 1 aliphatic rings. The summed E-state index contributed by atoms with van der Waals surface area (Å²) >= 11 is 0. The number of piperidine rings is 1. The molecule has 3 N–H and O–H groups in total. The molecule has 0 saturated carbocycles. The van der Waals surface area contributed by atoms with Gasteiger partial charge >= 0.3 is 0 Å². The Balaban J connectivity index is 1.73. The van der Waals surface area contributed by atoms with Gasteiger partial charge in [-0.25, -0.2) is 8.42 Å². The highest BCUT2D eigenvalue weighted by atomic mass is 32.2. The fraction of sp³-hybridized carbons (Fsp3) is 0.278. The van der Waals surface area contributed by atoms with E-state index in [2.05, 4.69) is 5.32 Å². The lowest BCUT2D eigenvalue weighted by Crippen LogP contribution is -2.35. The number of anilines is 2. The molecule has 2 aromatic rings. The Morgan fingerprint density at radius 1 is 0.920 bits per heavy atom. The minimum absolute atomic E-state index is 0.221. The predicted molar refractivity (Wildman–Crippen MR) is 97.9 cm³/mol. The van der Waals surface area contributed by atoms with E-state index in [-0.39, 0.29) is 10.8 Å². The van der Waals surface area contributed by atoms with Crippen molar-refractivity contribution in [1.82, 2.24) is 4.31 Å². The number of nitrogens with two attached hydrogens (primary N) is 1. The van der Waals surface area contributed by atoms with Crippen LogP contribution in [0.4, 0.5) is 11.4 Å². The molecule has 2 aromatic carbocycles. The average Bonchev–Trinajstić information content (AvgIpc) is 2.64. The standard InChI is InChI=1S/C18H21N3O3S/c19-15-6-8-16(9-7-15)20-18(22)14-4-10-17(11-5-14)25(23,24)21-12-2-1-3-13-21/h4-11H,1-3,12-13,19H2,(H,20,22). The Hall–Kier alpha value is -2.38. The molecule has 0 aliphatic carbocycles. The smallest absolute Gasteiger partial charge is 0.255 e. The minimum atomic E-state index is -3.48. The first-order valence-electron chi connectivity index (χ1n) is 8.24. The quantitative estimate of drug-likeness (QED) is 0.821. The predicted octanol–water partition coefficient (Wildman–Crippen LogP) is 2.70. The van der Waals surface area contributed by atoms with Crippen molar-refractivity contribution in [2.75, 3.05) is 24.1 Å². The Morgan fingerprint density at radius 2 is 1.52 bits per heavy atom. The highest BCUT2D eigenvalue weighted by Gasteiger charge is 2.25. The molecule has 1 saturated heterocycles. The first-order valence-corrected chi connectivity index (χ1v) is 9.68. The van der Waals surface area contributed by atoms with E-state index in [1.807, 2.05) is 0 Å². The monoisotopic (exact) mass is 359 g/mol. The van der Waals surface area contributed by atoms with Crippen LogP contribution in [-0.2, 0) is 10.0 Å². The first kappa shape index (κ1) is 17.4. The van der Waals surface area contributed by atoms with E-state index in [0.29, 0.717) is 30.0 Å². The van der Waals surface area contributed by atoms with Crippen molar-refractivity contribution in [2.45, 2.75) is 24.2 Å². The second kappa shape index (κ2) is 7.25. The third-order valence-electron chi connectivity index (χ3n) is 4.24. The second-order valence-electron chi connectivity index (χ2n) is 6.07. The number of rotatable bonds is 4. The normalized spacial score (nSPS) is 15.7. The number of sulfonamides is 1. The van der Waals surface area contributed by atoms with Gasteiger partial charge in [-0.3, -0.25) is 4.79 Å². The summed E-state index contributed by atoms with van der Waals surface area (Å²) in [5.41, 5.74) is 7.26. The number of hydrogen-bond acceptors (Lipinski definition) is 4. The van der Waals surface area contributed by atoms with Crippen molar-refractivity contribution in [2.24, 2.45) is 0 Å². The van der Waals surface area contributed by atoms with E-state index in [0.717, 1.165) is 19.3 Å². The van der Waals surface area contributed by atoms with Gasteiger partial charge in [0.15, 0.2) is 0 Å².